The molecule has 6 rings (SSSR count). The third-order valence-corrected chi connectivity index (χ3v) is 6.28. The van der Waals surface area contributed by atoms with Gasteiger partial charge in [-0.25, -0.2) is 0 Å². The number of H-pyrrole nitrogens is 2. The van der Waals surface area contributed by atoms with Gasteiger partial charge in [0, 0.05) is 63.6 Å². The highest BCUT2D eigenvalue weighted by molar-refractivity contribution is 6.16. The van der Waals surface area contributed by atoms with Crippen molar-refractivity contribution in [3.63, 3.8) is 0 Å². The molecule has 1 aliphatic rings. The second kappa shape index (κ2) is 5.61. The lowest BCUT2D eigenvalue weighted by Crippen LogP contribution is -2.40. The molecular weight excluding hydrogens is 358 g/mol. The van der Waals surface area contributed by atoms with Crippen LogP contribution in [-0.4, -0.2) is 22.9 Å². The summed E-state index contributed by atoms with van der Waals surface area (Å²) in [4.78, 5) is 22.6. The number of nitrogens with zero attached hydrogens (tertiary/aromatic N) is 1. The number of carbonyl (C=O) groups excluding carboxylic acids is 1. The molecule has 0 aliphatic carbocycles. The van der Waals surface area contributed by atoms with Gasteiger partial charge in [-0.05, 0) is 18.2 Å². The molecule has 4 nitrogen and oxygen atoms in total. The zero-order valence-electron chi connectivity index (χ0n) is 15.9. The van der Waals surface area contributed by atoms with Gasteiger partial charge in [0.1, 0.15) is 5.41 Å². The van der Waals surface area contributed by atoms with Crippen LogP contribution in [0.25, 0.3) is 21.8 Å². The van der Waals surface area contributed by atoms with E-state index in [0.29, 0.717) is 0 Å². The first kappa shape index (κ1) is 16.2. The summed E-state index contributed by atoms with van der Waals surface area (Å²) in [6.07, 6.45) is 4.00. The van der Waals surface area contributed by atoms with E-state index in [0.717, 1.165) is 44.2 Å². The first-order chi connectivity index (χ1) is 14.2. The maximum absolute atomic E-state index is 14.1. The number of fused-ring (bicyclic) bond motifs is 3. The van der Waals surface area contributed by atoms with E-state index in [4.69, 9.17) is 0 Å². The van der Waals surface area contributed by atoms with Crippen LogP contribution in [0.1, 0.15) is 16.7 Å². The minimum absolute atomic E-state index is 0.0632. The summed E-state index contributed by atoms with van der Waals surface area (Å²) in [5.74, 6) is 0.0632. The fourth-order valence-corrected chi connectivity index (χ4v) is 4.99. The highest BCUT2D eigenvalue weighted by Gasteiger charge is 2.54. The molecule has 1 aliphatic heterocycles. The van der Waals surface area contributed by atoms with E-state index in [1.807, 2.05) is 61.9 Å². The van der Waals surface area contributed by atoms with Crippen molar-refractivity contribution in [1.82, 2.24) is 9.97 Å². The van der Waals surface area contributed by atoms with E-state index in [1.54, 1.807) is 4.90 Å². The normalized spacial score (nSPS) is 15.3. The molecule has 3 aromatic carbocycles. The Morgan fingerprint density at radius 3 is 1.83 bits per heavy atom. The van der Waals surface area contributed by atoms with Crippen molar-refractivity contribution in [3.05, 3.63) is 102 Å². The van der Waals surface area contributed by atoms with Gasteiger partial charge in [0.15, 0.2) is 0 Å². The minimum atomic E-state index is -0.912. The Morgan fingerprint density at radius 1 is 0.690 bits per heavy atom. The molecule has 2 aromatic heterocycles. The second-order valence-corrected chi connectivity index (χ2v) is 7.63. The molecule has 1 amide bonds. The van der Waals surface area contributed by atoms with E-state index in [1.165, 1.54) is 0 Å². The number of aromatic amines is 2. The smallest absolute Gasteiger partial charge is 0.246 e. The quantitative estimate of drug-likeness (QED) is 0.449. The predicted molar refractivity (Wildman–Crippen MR) is 116 cm³/mol. The van der Waals surface area contributed by atoms with Crippen molar-refractivity contribution in [1.29, 1.82) is 0 Å². The monoisotopic (exact) mass is 377 g/mol. The van der Waals surface area contributed by atoms with Gasteiger partial charge in [0.2, 0.25) is 5.91 Å². The van der Waals surface area contributed by atoms with Crippen LogP contribution in [-0.2, 0) is 10.2 Å². The highest BCUT2D eigenvalue weighted by Crippen LogP contribution is 2.52. The number of amides is 1. The molecule has 0 unspecified atom stereocenters. The van der Waals surface area contributed by atoms with Crippen LogP contribution in [0.5, 0.6) is 0 Å². The van der Waals surface area contributed by atoms with Crippen LogP contribution in [0.4, 0.5) is 5.69 Å². The van der Waals surface area contributed by atoms with Gasteiger partial charge < -0.3 is 14.9 Å². The van der Waals surface area contributed by atoms with Gasteiger partial charge >= 0.3 is 0 Å². The Labute approximate surface area is 167 Å². The maximum atomic E-state index is 14.1. The zero-order valence-corrected chi connectivity index (χ0v) is 15.9. The van der Waals surface area contributed by atoms with Gasteiger partial charge in [-0.15, -0.1) is 0 Å². The van der Waals surface area contributed by atoms with E-state index >= 15 is 0 Å². The molecule has 0 bridgehead atoms. The lowest BCUT2D eigenvalue weighted by Gasteiger charge is -2.28. The Hall–Kier alpha value is -3.79. The molecule has 0 fully saturated rings. The molecule has 0 spiro atoms. The van der Waals surface area contributed by atoms with Crippen LogP contribution < -0.4 is 4.90 Å². The number of nitrogens with one attached hydrogen (secondary N) is 2. The number of aromatic nitrogens is 2. The van der Waals surface area contributed by atoms with E-state index in [-0.39, 0.29) is 5.91 Å². The number of carbonyl (C=O) groups is 1. The van der Waals surface area contributed by atoms with Gasteiger partial charge in [-0.3, -0.25) is 4.79 Å². The summed E-state index contributed by atoms with van der Waals surface area (Å²) in [6.45, 7) is 0. The third-order valence-electron chi connectivity index (χ3n) is 6.28. The van der Waals surface area contributed by atoms with E-state index in [9.17, 15) is 4.79 Å². The molecule has 0 atom stereocenters. The number of rotatable bonds is 2. The summed E-state index contributed by atoms with van der Waals surface area (Å²) < 4.78 is 0. The number of anilines is 1. The van der Waals surface area contributed by atoms with Crippen molar-refractivity contribution in [3.8, 4) is 0 Å². The maximum Gasteiger partial charge on any atom is 0.246 e. The van der Waals surface area contributed by atoms with Crippen molar-refractivity contribution in [2.75, 3.05) is 11.9 Å². The van der Waals surface area contributed by atoms with E-state index in [2.05, 4.69) is 40.3 Å². The molecule has 140 valence electrons. The molecule has 0 saturated heterocycles. The standard InChI is InChI=1S/C25H19N3O/c1-28-23-13-7-4-10-18(23)25(24(28)29,19-14-26-21-11-5-2-8-16(19)21)20-15-27-22-12-6-3-9-17(20)22/h2-15,26-27H,1H3. The molecule has 3 heterocycles. The average Bonchev–Trinajstić information content (AvgIpc) is 3.44. The fourth-order valence-electron chi connectivity index (χ4n) is 4.99. The van der Waals surface area contributed by atoms with Crippen LogP contribution in [0, 0.1) is 0 Å². The summed E-state index contributed by atoms with van der Waals surface area (Å²) >= 11 is 0. The summed E-state index contributed by atoms with van der Waals surface area (Å²) in [5, 5.41) is 2.13. The molecule has 5 aromatic rings. The number of para-hydroxylation sites is 3. The van der Waals surface area contributed by atoms with Gasteiger partial charge in [0.25, 0.3) is 0 Å². The lowest BCUT2D eigenvalue weighted by atomic mass is 9.70. The number of hydrogen-bond acceptors (Lipinski definition) is 1. The first-order valence-corrected chi connectivity index (χ1v) is 9.74. The summed E-state index contributed by atoms with van der Waals surface area (Å²) in [6, 6.07) is 24.5. The molecule has 29 heavy (non-hydrogen) atoms. The van der Waals surface area contributed by atoms with Crippen LogP contribution in [0.15, 0.2) is 85.2 Å². The molecule has 4 heteroatoms. The third kappa shape index (κ3) is 1.90. The van der Waals surface area contributed by atoms with Crippen molar-refractivity contribution < 1.29 is 4.79 Å². The SMILES string of the molecule is CN1C(=O)C(c2c[nH]c3ccccc23)(c2c[nH]c3ccccc23)c2ccccc21. The van der Waals surface area contributed by atoms with Gasteiger partial charge in [-0.2, -0.15) is 0 Å². The Kier molecular flexibility index (Phi) is 3.13. The van der Waals surface area contributed by atoms with Crippen molar-refractivity contribution in [2.24, 2.45) is 0 Å². The topological polar surface area (TPSA) is 51.9 Å². The Bertz CT molecular complexity index is 1330. The number of hydrogen-bond donors (Lipinski definition) is 2. The van der Waals surface area contributed by atoms with Gasteiger partial charge in [-0.1, -0.05) is 54.6 Å². The lowest BCUT2D eigenvalue weighted by molar-refractivity contribution is -0.120. The van der Waals surface area contributed by atoms with Crippen LogP contribution in [0.2, 0.25) is 0 Å². The van der Waals surface area contributed by atoms with Gasteiger partial charge in [0.05, 0.1) is 0 Å². The molecule has 0 saturated carbocycles. The second-order valence-electron chi connectivity index (χ2n) is 7.63. The van der Waals surface area contributed by atoms with Crippen molar-refractivity contribution >= 4 is 33.4 Å². The fraction of sp³-hybridized carbons (Fsp3) is 0.0800. The van der Waals surface area contributed by atoms with Crippen LogP contribution >= 0.6 is 0 Å². The van der Waals surface area contributed by atoms with Crippen LogP contribution in [0.3, 0.4) is 0 Å². The number of likely N-dealkylation sites (N-methyl/N-ethyl adjacent to an activating group) is 1. The zero-order chi connectivity index (χ0) is 19.6. The van der Waals surface area contributed by atoms with E-state index < -0.39 is 5.41 Å². The largest absolute Gasteiger partial charge is 0.361 e. The highest BCUT2D eigenvalue weighted by atomic mass is 16.2. The minimum Gasteiger partial charge on any atom is -0.361 e. The molecule has 0 radical (unpaired) electrons. The Balaban J connectivity index is 1.82. The number of benzene rings is 3. The first-order valence-electron chi connectivity index (χ1n) is 9.74. The molecular formula is C25H19N3O. The summed E-state index contributed by atoms with van der Waals surface area (Å²) in [5.41, 5.74) is 5.09. The Morgan fingerprint density at radius 2 is 1.21 bits per heavy atom. The molecule has 2 N–H and O–H groups in total. The van der Waals surface area contributed by atoms with Crippen molar-refractivity contribution in [2.45, 2.75) is 5.41 Å². The average molecular weight is 377 g/mol. The predicted octanol–water partition coefficient (Wildman–Crippen LogP) is 4.96. The summed E-state index contributed by atoms with van der Waals surface area (Å²) in [7, 11) is 1.87.